The Morgan fingerprint density at radius 2 is 0.328 bits per heavy atom. The third kappa shape index (κ3) is 13.9. The fourth-order valence-electron chi connectivity index (χ4n) is 6.44. The highest BCUT2D eigenvalue weighted by atomic mass is 14.1. The van der Waals surface area contributed by atoms with Gasteiger partial charge in [0, 0.05) is 0 Å². The van der Waals surface area contributed by atoms with Gasteiger partial charge in [0.1, 0.15) is 0 Å². The van der Waals surface area contributed by atoms with Crippen molar-refractivity contribution in [3.8, 4) is 0 Å². The highest BCUT2D eigenvalue weighted by molar-refractivity contribution is 6.32. The molecule has 0 spiro atoms. The Labute approximate surface area is 352 Å². The van der Waals surface area contributed by atoms with Gasteiger partial charge in [-0.3, -0.25) is 0 Å². The highest BCUT2D eigenvalue weighted by Gasteiger charge is 2.11. The molecule has 0 atom stereocenters. The Morgan fingerprint density at radius 1 is 0.190 bits per heavy atom. The molecule has 0 bridgehead atoms. The first-order chi connectivity index (χ1) is 26.9. The smallest absolute Gasteiger partial charge is 0.00264 e. The predicted molar refractivity (Wildman–Crippen MR) is 267 cm³/mol. The van der Waals surface area contributed by atoms with Crippen LogP contribution < -0.4 is 0 Å². The third-order valence-electron chi connectivity index (χ3n) is 8.04. The van der Waals surface area contributed by atoms with Crippen LogP contribution in [0.2, 0.25) is 0 Å². The topological polar surface area (TPSA) is 0 Å². The third-order valence-corrected chi connectivity index (χ3v) is 8.04. The van der Waals surface area contributed by atoms with Gasteiger partial charge in [-0.1, -0.05) is 256 Å². The van der Waals surface area contributed by atoms with E-state index in [1.165, 1.54) is 75.4 Å². The molecule has 0 nitrogen and oxygen atoms in total. The van der Waals surface area contributed by atoms with Crippen LogP contribution in [0.15, 0.2) is 146 Å². The lowest BCUT2D eigenvalue weighted by Crippen LogP contribution is -1.93. The summed E-state index contributed by atoms with van der Waals surface area (Å²) in [6.45, 7) is 35.0. The van der Waals surface area contributed by atoms with E-state index in [1.807, 2.05) is 0 Å². The van der Waals surface area contributed by atoms with Crippen molar-refractivity contribution >= 4 is 75.4 Å². The van der Waals surface area contributed by atoms with E-state index in [-0.39, 0.29) is 0 Å². The molecular formula is C58H72. The maximum atomic E-state index is 2.25. The Kier molecular flexibility index (Phi) is 14.8. The average molecular weight is 769 g/mol. The molecule has 9 aromatic carbocycles. The molecule has 0 fully saturated rings. The van der Waals surface area contributed by atoms with E-state index in [2.05, 4.69) is 256 Å². The maximum absolute atomic E-state index is 2.25. The second kappa shape index (κ2) is 18.8. The quantitative estimate of drug-likeness (QED) is 0.106. The summed E-state index contributed by atoms with van der Waals surface area (Å²) < 4.78 is 0. The lowest BCUT2D eigenvalue weighted by molar-refractivity contribution is 0.469. The Balaban J connectivity index is 0.000000178. The number of hydrogen-bond acceptors (Lipinski definition) is 0. The number of benzene rings is 9. The Morgan fingerprint density at radius 3 is 0.483 bits per heavy atom. The Hall–Kier alpha value is -4.94. The minimum atomic E-state index is 0.500. The summed E-state index contributed by atoms with van der Waals surface area (Å²) in [6, 6.07) is 52.4. The second-order valence-electron chi connectivity index (χ2n) is 22.1. The van der Waals surface area contributed by atoms with Crippen molar-refractivity contribution in [3.05, 3.63) is 146 Å². The van der Waals surface area contributed by atoms with E-state index in [1.54, 1.807) is 0 Å². The van der Waals surface area contributed by atoms with Gasteiger partial charge in [0.2, 0.25) is 0 Å². The summed E-state index contributed by atoms with van der Waals surface area (Å²) in [4.78, 5) is 0. The van der Waals surface area contributed by atoms with Crippen LogP contribution in [0.5, 0.6) is 0 Å². The number of fused-ring (bicyclic) bond motifs is 8. The Bertz CT molecular complexity index is 2220. The van der Waals surface area contributed by atoms with E-state index in [0.29, 0.717) is 21.7 Å². The molecule has 0 radical (unpaired) electrons. The van der Waals surface area contributed by atoms with Gasteiger partial charge in [-0.15, -0.1) is 0 Å². The van der Waals surface area contributed by atoms with Crippen LogP contribution in [-0.4, -0.2) is 0 Å². The van der Waals surface area contributed by atoms with E-state index < -0.39 is 0 Å². The van der Waals surface area contributed by atoms with E-state index >= 15 is 0 Å². The normalized spacial score (nSPS) is 11.8. The molecule has 0 aliphatic carbocycles. The van der Waals surface area contributed by atoms with Crippen LogP contribution >= 0.6 is 0 Å². The molecule has 0 heterocycles. The van der Waals surface area contributed by atoms with E-state index in [9.17, 15) is 0 Å². The lowest BCUT2D eigenvalue weighted by Gasteiger charge is -2.13. The summed E-state index contributed by atoms with van der Waals surface area (Å²) in [5.74, 6) is 0. The van der Waals surface area contributed by atoms with Gasteiger partial charge in [-0.05, 0) is 97.1 Å². The molecule has 0 N–H and O–H groups in total. The largest absolute Gasteiger partial charge is 0.0616 e. The van der Waals surface area contributed by atoms with E-state index in [4.69, 9.17) is 0 Å². The standard InChI is InChI=1S/C20H12.C18H12.4C5H12/c1-5-13-6-2-11-17-18-12-4-8-14-7-3-10-16(20(14)18)15(9-1)19(13)17;1-2-8-14-13(7-1)15-9-3-4-11-17(15)18-12-6-5-10-16(14)18;4*1-5(2,3)4/h1-12H;1-12H;4*1-4H3. The SMILES string of the molecule is CC(C)(C)C.CC(C)(C)C.CC(C)(C)C.CC(C)(C)C.c1cc2cccc3c4cccc5cccc(c(c1)c23)c54.c1ccc2c(c1)c1ccccc1c1ccccc21. The van der Waals surface area contributed by atoms with Crippen molar-refractivity contribution in [1.82, 2.24) is 0 Å². The predicted octanol–water partition coefficient (Wildman–Crippen LogP) is 19.1. The van der Waals surface area contributed by atoms with Crippen LogP contribution in [0.3, 0.4) is 0 Å². The first-order valence-electron chi connectivity index (χ1n) is 21.2. The number of hydrogen-bond donors (Lipinski definition) is 0. The van der Waals surface area contributed by atoms with Gasteiger partial charge < -0.3 is 0 Å². The van der Waals surface area contributed by atoms with Gasteiger partial charge in [0.05, 0.1) is 0 Å². The van der Waals surface area contributed by atoms with Crippen molar-refractivity contribution in [1.29, 1.82) is 0 Å². The summed E-state index contributed by atoms with van der Waals surface area (Å²) >= 11 is 0. The van der Waals surface area contributed by atoms with Gasteiger partial charge in [-0.2, -0.15) is 0 Å². The first kappa shape index (κ1) is 45.8. The van der Waals surface area contributed by atoms with E-state index in [0.717, 1.165) is 0 Å². The lowest BCUT2D eigenvalue weighted by atomic mass is 9.90. The molecule has 0 amide bonds. The van der Waals surface area contributed by atoms with Gasteiger partial charge in [0.15, 0.2) is 0 Å². The molecule has 0 aromatic heterocycles. The molecule has 0 heteroatoms. The molecule has 58 heavy (non-hydrogen) atoms. The molecule has 0 saturated carbocycles. The van der Waals surface area contributed by atoms with Crippen molar-refractivity contribution in [2.45, 2.75) is 111 Å². The van der Waals surface area contributed by atoms with Gasteiger partial charge >= 0.3 is 0 Å². The second-order valence-corrected chi connectivity index (χ2v) is 22.1. The first-order valence-corrected chi connectivity index (χ1v) is 21.2. The molecule has 0 unspecified atom stereocenters. The van der Waals surface area contributed by atoms with Gasteiger partial charge in [0.25, 0.3) is 0 Å². The molecule has 9 aromatic rings. The molecule has 9 rings (SSSR count). The zero-order valence-corrected chi connectivity index (χ0v) is 38.9. The maximum Gasteiger partial charge on any atom is -0.00264 e. The summed E-state index contributed by atoms with van der Waals surface area (Å²) in [5.41, 5.74) is 2.00. The van der Waals surface area contributed by atoms with Crippen LogP contribution in [0.1, 0.15) is 111 Å². The average Bonchev–Trinajstić information content (AvgIpc) is 3.11. The minimum absolute atomic E-state index is 0.500. The fraction of sp³-hybridized carbons (Fsp3) is 0.345. The summed E-state index contributed by atoms with van der Waals surface area (Å²) in [5, 5.41) is 18.9. The van der Waals surface area contributed by atoms with Crippen LogP contribution in [0, 0.1) is 21.7 Å². The van der Waals surface area contributed by atoms with Crippen molar-refractivity contribution in [3.63, 3.8) is 0 Å². The zero-order valence-electron chi connectivity index (χ0n) is 38.9. The molecule has 0 aliphatic rings. The fourth-order valence-corrected chi connectivity index (χ4v) is 6.44. The van der Waals surface area contributed by atoms with Crippen molar-refractivity contribution in [2.75, 3.05) is 0 Å². The summed E-state index contributed by atoms with van der Waals surface area (Å²) in [7, 11) is 0. The van der Waals surface area contributed by atoms with Crippen LogP contribution in [-0.2, 0) is 0 Å². The van der Waals surface area contributed by atoms with Crippen LogP contribution in [0.25, 0.3) is 75.4 Å². The molecule has 0 aliphatic heterocycles. The molecular weight excluding hydrogens is 697 g/mol. The number of rotatable bonds is 0. The van der Waals surface area contributed by atoms with Crippen molar-refractivity contribution in [2.24, 2.45) is 21.7 Å². The van der Waals surface area contributed by atoms with Crippen LogP contribution in [0.4, 0.5) is 0 Å². The highest BCUT2D eigenvalue weighted by Crippen LogP contribution is 2.40. The summed E-state index contributed by atoms with van der Waals surface area (Å²) in [6.07, 6.45) is 0. The monoisotopic (exact) mass is 769 g/mol. The minimum Gasteiger partial charge on any atom is -0.0616 e. The molecule has 304 valence electrons. The van der Waals surface area contributed by atoms with Crippen molar-refractivity contribution < 1.29 is 0 Å². The zero-order chi connectivity index (χ0) is 43.1. The van der Waals surface area contributed by atoms with Gasteiger partial charge in [-0.25, -0.2) is 0 Å². The molecule has 0 saturated heterocycles.